The summed E-state index contributed by atoms with van der Waals surface area (Å²) in [7, 11) is 2.11. The summed E-state index contributed by atoms with van der Waals surface area (Å²) in [6.45, 7) is 3.28. The van der Waals surface area contributed by atoms with Crippen LogP contribution in [0.25, 0.3) is 0 Å². The molecule has 0 unspecified atom stereocenters. The third-order valence-electron chi connectivity index (χ3n) is 3.32. The average molecular weight is 252 g/mol. The molecule has 0 spiro atoms. The summed E-state index contributed by atoms with van der Waals surface area (Å²) in [5, 5.41) is 3.86. The Hall–Kier alpha value is -0.910. The van der Waals surface area contributed by atoms with Crippen LogP contribution in [0, 0.1) is 0 Å². The van der Waals surface area contributed by atoms with E-state index in [9.17, 15) is 4.79 Å². The molecule has 2 fully saturated rings. The number of carbonyl (C=O) groups is 1. The van der Waals surface area contributed by atoms with Gasteiger partial charge >= 0.3 is 0 Å². The summed E-state index contributed by atoms with van der Waals surface area (Å²) >= 11 is 1.57. The van der Waals surface area contributed by atoms with Crippen LogP contribution in [0.4, 0.5) is 0 Å². The van der Waals surface area contributed by atoms with Crippen molar-refractivity contribution in [3.63, 3.8) is 0 Å². The molecule has 17 heavy (non-hydrogen) atoms. The SMILES string of the molecule is CN1C[C@@H]2CN(C(=O)c3ccsc3)C[C@H](C1)O2. The lowest BCUT2D eigenvalue weighted by Crippen LogP contribution is -2.59. The second kappa shape index (κ2) is 4.40. The lowest BCUT2D eigenvalue weighted by molar-refractivity contribution is -0.124. The van der Waals surface area contributed by atoms with Gasteiger partial charge in [-0.1, -0.05) is 0 Å². The van der Waals surface area contributed by atoms with Gasteiger partial charge in [-0.25, -0.2) is 0 Å². The molecule has 4 nitrogen and oxygen atoms in total. The van der Waals surface area contributed by atoms with Gasteiger partial charge in [0.2, 0.25) is 0 Å². The zero-order chi connectivity index (χ0) is 11.8. The molecular formula is C12H16N2O2S. The van der Waals surface area contributed by atoms with Crippen molar-refractivity contribution in [1.29, 1.82) is 0 Å². The summed E-state index contributed by atoms with van der Waals surface area (Å²) in [5.74, 6) is 0.147. The van der Waals surface area contributed by atoms with Crippen molar-refractivity contribution in [3.8, 4) is 0 Å². The van der Waals surface area contributed by atoms with Crippen LogP contribution in [-0.4, -0.2) is 61.1 Å². The molecule has 5 heteroatoms. The maximum atomic E-state index is 12.2. The van der Waals surface area contributed by atoms with Gasteiger partial charge in [-0.2, -0.15) is 11.3 Å². The van der Waals surface area contributed by atoms with E-state index in [2.05, 4.69) is 11.9 Å². The van der Waals surface area contributed by atoms with Gasteiger partial charge in [0.1, 0.15) is 0 Å². The fourth-order valence-electron chi connectivity index (χ4n) is 2.63. The Morgan fingerprint density at radius 3 is 2.65 bits per heavy atom. The Kier molecular flexibility index (Phi) is 2.90. The van der Waals surface area contributed by atoms with Crippen LogP contribution in [0.15, 0.2) is 16.8 Å². The number of likely N-dealkylation sites (N-methyl/N-ethyl adjacent to an activating group) is 1. The maximum Gasteiger partial charge on any atom is 0.254 e. The molecule has 1 aromatic rings. The third kappa shape index (κ3) is 2.22. The molecule has 0 aromatic carbocycles. The highest BCUT2D eigenvalue weighted by Crippen LogP contribution is 2.20. The molecule has 2 atom stereocenters. The number of amides is 1. The Balaban J connectivity index is 1.72. The van der Waals surface area contributed by atoms with Gasteiger partial charge in [0.25, 0.3) is 5.91 Å². The van der Waals surface area contributed by atoms with Crippen LogP contribution >= 0.6 is 11.3 Å². The molecule has 2 aliphatic rings. The molecule has 3 rings (SSSR count). The summed E-state index contributed by atoms with van der Waals surface area (Å²) in [4.78, 5) is 16.5. The molecular weight excluding hydrogens is 236 g/mol. The molecule has 2 aliphatic heterocycles. The number of thiophene rings is 1. The first-order valence-electron chi connectivity index (χ1n) is 5.88. The Morgan fingerprint density at radius 1 is 1.35 bits per heavy atom. The normalized spacial score (nSPS) is 29.4. The largest absolute Gasteiger partial charge is 0.369 e. The van der Waals surface area contributed by atoms with E-state index in [0.717, 1.165) is 31.7 Å². The molecule has 2 bridgehead atoms. The van der Waals surface area contributed by atoms with Crippen molar-refractivity contribution in [3.05, 3.63) is 22.4 Å². The minimum absolute atomic E-state index is 0.147. The number of hydrogen-bond acceptors (Lipinski definition) is 4. The summed E-state index contributed by atoms with van der Waals surface area (Å²) in [6, 6.07) is 1.89. The summed E-state index contributed by atoms with van der Waals surface area (Å²) in [5.41, 5.74) is 0.809. The van der Waals surface area contributed by atoms with E-state index in [-0.39, 0.29) is 18.1 Å². The van der Waals surface area contributed by atoms with Crippen molar-refractivity contribution in [2.24, 2.45) is 0 Å². The molecule has 92 valence electrons. The first kappa shape index (κ1) is 11.2. The van der Waals surface area contributed by atoms with E-state index in [1.54, 1.807) is 11.3 Å². The van der Waals surface area contributed by atoms with Crippen molar-refractivity contribution in [1.82, 2.24) is 9.80 Å². The molecule has 0 saturated carbocycles. The van der Waals surface area contributed by atoms with Crippen molar-refractivity contribution < 1.29 is 9.53 Å². The molecule has 3 heterocycles. The fourth-order valence-corrected chi connectivity index (χ4v) is 3.26. The van der Waals surface area contributed by atoms with E-state index in [1.165, 1.54) is 0 Å². The van der Waals surface area contributed by atoms with Gasteiger partial charge < -0.3 is 14.5 Å². The summed E-state index contributed by atoms with van der Waals surface area (Å²) in [6.07, 6.45) is 0.352. The predicted molar refractivity (Wildman–Crippen MR) is 66.4 cm³/mol. The number of fused-ring (bicyclic) bond motifs is 2. The van der Waals surface area contributed by atoms with Crippen molar-refractivity contribution in [2.45, 2.75) is 12.2 Å². The standard InChI is InChI=1S/C12H16N2O2S/c1-13-4-10-6-14(7-11(5-13)16-10)12(15)9-2-3-17-8-9/h2-3,8,10-11H,4-7H2,1H3/t10-,11+. The Labute approximate surface area is 105 Å². The lowest BCUT2D eigenvalue weighted by atomic mass is 10.1. The lowest BCUT2D eigenvalue weighted by Gasteiger charge is -2.44. The first-order valence-corrected chi connectivity index (χ1v) is 6.82. The molecule has 1 amide bonds. The zero-order valence-electron chi connectivity index (χ0n) is 9.83. The zero-order valence-corrected chi connectivity index (χ0v) is 10.7. The van der Waals surface area contributed by atoms with E-state index >= 15 is 0 Å². The molecule has 0 N–H and O–H groups in total. The van der Waals surface area contributed by atoms with E-state index < -0.39 is 0 Å². The Bertz CT molecular complexity index is 389. The van der Waals surface area contributed by atoms with Gasteiger partial charge in [0.05, 0.1) is 17.8 Å². The van der Waals surface area contributed by atoms with E-state index in [0.29, 0.717) is 0 Å². The third-order valence-corrected chi connectivity index (χ3v) is 4.00. The van der Waals surface area contributed by atoms with Gasteiger partial charge in [-0.15, -0.1) is 0 Å². The van der Waals surface area contributed by atoms with E-state index in [1.807, 2.05) is 21.7 Å². The quantitative estimate of drug-likeness (QED) is 0.744. The number of nitrogens with zero attached hydrogens (tertiary/aromatic N) is 2. The van der Waals surface area contributed by atoms with Gasteiger partial charge in [-0.05, 0) is 18.5 Å². The van der Waals surface area contributed by atoms with Gasteiger partial charge in [-0.3, -0.25) is 4.79 Å². The highest BCUT2D eigenvalue weighted by molar-refractivity contribution is 7.08. The second-order valence-electron chi connectivity index (χ2n) is 4.82. The highest BCUT2D eigenvalue weighted by atomic mass is 32.1. The average Bonchev–Trinajstić information content (AvgIpc) is 2.79. The molecule has 2 saturated heterocycles. The number of hydrogen-bond donors (Lipinski definition) is 0. The minimum Gasteiger partial charge on any atom is -0.369 e. The van der Waals surface area contributed by atoms with Crippen LogP contribution in [0.1, 0.15) is 10.4 Å². The van der Waals surface area contributed by atoms with Crippen molar-refractivity contribution >= 4 is 17.2 Å². The van der Waals surface area contributed by atoms with Crippen LogP contribution in [0.2, 0.25) is 0 Å². The van der Waals surface area contributed by atoms with Crippen LogP contribution in [0.3, 0.4) is 0 Å². The van der Waals surface area contributed by atoms with Crippen LogP contribution in [-0.2, 0) is 4.74 Å². The predicted octanol–water partition coefficient (Wildman–Crippen LogP) is 0.903. The molecule has 1 aromatic heterocycles. The summed E-state index contributed by atoms with van der Waals surface area (Å²) < 4.78 is 5.86. The van der Waals surface area contributed by atoms with Gasteiger partial charge in [0, 0.05) is 31.6 Å². The minimum atomic E-state index is 0.147. The monoisotopic (exact) mass is 252 g/mol. The Morgan fingerprint density at radius 2 is 2.06 bits per heavy atom. The second-order valence-corrected chi connectivity index (χ2v) is 5.60. The fraction of sp³-hybridized carbons (Fsp3) is 0.583. The first-order chi connectivity index (χ1) is 8.22. The van der Waals surface area contributed by atoms with Crippen LogP contribution < -0.4 is 0 Å². The van der Waals surface area contributed by atoms with Gasteiger partial charge in [0.15, 0.2) is 0 Å². The topological polar surface area (TPSA) is 32.8 Å². The van der Waals surface area contributed by atoms with Crippen LogP contribution in [0.5, 0.6) is 0 Å². The number of carbonyl (C=O) groups excluding carboxylic acids is 1. The highest BCUT2D eigenvalue weighted by Gasteiger charge is 2.35. The van der Waals surface area contributed by atoms with E-state index in [4.69, 9.17) is 4.74 Å². The number of ether oxygens (including phenoxy) is 1. The van der Waals surface area contributed by atoms with Crippen molar-refractivity contribution in [2.75, 3.05) is 33.2 Å². The molecule has 0 aliphatic carbocycles. The smallest absolute Gasteiger partial charge is 0.254 e. The number of rotatable bonds is 1. The molecule has 0 radical (unpaired) electrons. The number of morpholine rings is 2. The maximum absolute atomic E-state index is 12.2.